The number of rotatable bonds is 3. The van der Waals surface area contributed by atoms with Gasteiger partial charge in [-0.15, -0.1) is 10.9 Å². The molecule has 0 fully saturated rings. The fraction of sp³-hybridized carbons (Fsp3) is 0.125. The molecule has 21 heavy (non-hydrogen) atoms. The van der Waals surface area contributed by atoms with Crippen LogP contribution in [0.1, 0.15) is 6.92 Å². The van der Waals surface area contributed by atoms with Gasteiger partial charge in [0.1, 0.15) is 0 Å². The highest BCUT2D eigenvalue weighted by Crippen LogP contribution is 2.41. The number of fused-ring (bicyclic) bond motifs is 2. The summed E-state index contributed by atoms with van der Waals surface area (Å²) in [7, 11) is -0.576. The summed E-state index contributed by atoms with van der Waals surface area (Å²) in [6.45, 7) is 2.19. The first-order chi connectivity index (χ1) is 10.3. The molecular formula is C16H16N4S. The smallest absolute Gasteiger partial charge is 0.152 e. The summed E-state index contributed by atoms with van der Waals surface area (Å²) in [5, 5.41) is 2.07. The minimum Gasteiger partial charge on any atom is -0.334 e. The minimum atomic E-state index is -0.576. The van der Waals surface area contributed by atoms with E-state index in [4.69, 9.17) is 9.97 Å². The molecule has 106 valence electrons. The summed E-state index contributed by atoms with van der Waals surface area (Å²) in [4.78, 5) is 16.4. The Kier molecular flexibility index (Phi) is 2.93. The van der Waals surface area contributed by atoms with Crippen molar-refractivity contribution >= 4 is 33.0 Å². The van der Waals surface area contributed by atoms with E-state index in [-0.39, 0.29) is 0 Å². The van der Waals surface area contributed by atoms with Crippen LogP contribution in [0.4, 0.5) is 0 Å². The zero-order chi connectivity index (χ0) is 14.2. The van der Waals surface area contributed by atoms with Crippen LogP contribution in [0, 0.1) is 0 Å². The van der Waals surface area contributed by atoms with E-state index < -0.39 is 10.9 Å². The topological polar surface area (TPSA) is 57.4 Å². The van der Waals surface area contributed by atoms with Crippen LogP contribution in [0.15, 0.2) is 58.8 Å². The molecule has 2 N–H and O–H groups in total. The number of para-hydroxylation sites is 4. The number of H-pyrrole nitrogens is 2. The molecule has 0 amide bonds. The molecule has 0 saturated carbocycles. The molecule has 4 rings (SSSR count). The Bertz CT molecular complexity index is 769. The molecule has 2 heterocycles. The Morgan fingerprint density at radius 3 is 1.71 bits per heavy atom. The third kappa shape index (κ3) is 2.10. The number of imidazole rings is 2. The summed E-state index contributed by atoms with van der Waals surface area (Å²) in [6, 6.07) is 16.3. The first-order valence-corrected chi connectivity index (χ1v) is 8.55. The van der Waals surface area contributed by atoms with Crippen molar-refractivity contribution in [1.29, 1.82) is 0 Å². The van der Waals surface area contributed by atoms with E-state index in [1.165, 1.54) is 0 Å². The maximum Gasteiger partial charge on any atom is 0.152 e. The lowest BCUT2D eigenvalue weighted by molar-refractivity contribution is 1.01. The second-order valence-electron chi connectivity index (χ2n) is 4.90. The number of thiol groups is 1. The fourth-order valence-electron chi connectivity index (χ4n) is 2.53. The second-order valence-corrected chi connectivity index (χ2v) is 7.24. The number of aromatic amines is 2. The zero-order valence-electron chi connectivity index (χ0n) is 11.7. The number of nitrogens with one attached hydrogen (secondary N) is 2. The Labute approximate surface area is 125 Å². The van der Waals surface area contributed by atoms with E-state index in [2.05, 4.69) is 29.0 Å². The molecule has 4 aromatic rings. The van der Waals surface area contributed by atoms with Crippen LogP contribution in [-0.2, 0) is 0 Å². The van der Waals surface area contributed by atoms with Crippen molar-refractivity contribution in [3.8, 4) is 0 Å². The Morgan fingerprint density at radius 1 is 0.810 bits per heavy atom. The number of benzene rings is 2. The highest BCUT2D eigenvalue weighted by molar-refractivity contribution is 8.16. The van der Waals surface area contributed by atoms with Crippen molar-refractivity contribution in [2.45, 2.75) is 17.2 Å². The summed E-state index contributed by atoms with van der Waals surface area (Å²) in [6.07, 6.45) is 0. The monoisotopic (exact) mass is 296 g/mol. The zero-order valence-corrected chi connectivity index (χ0v) is 12.6. The third-order valence-electron chi connectivity index (χ3n) is 3.58. The minimum absolute atomic E-state index is 0.576. The van der Waals surface area contributed by atoms with Gasteiger partial charge >= 0.3 is 0 Å². The van der Waals surface area contributed by atoms with Crippen molar-refractivity contribution in [1.82, 2.24) is 19.9 Å². The predicted octanol–water partition coefficient (Wildman–Crippen LogP) is 3.88. The van der Waals surface area contributed by atoms with E-state index >= 15 is 0 Å². The molecule has 0 radical (unpaired) electrons. The molecule has 0 unspecified atom stereocenters. The van der Waals surface area contributed by atoms with Gasteiger partial charge in [-0.1, -0.05) is 31.2 Å². The van der Waals surface area contributed by atoms with Crippen LogP contribution in [0.5, 0.6) is 0 Å². The van der Waals surface area contributed by atoms with Crippen molar-refractivity contribution in [3.63, 3.8) is 0 Å². The third-order valence-corrected chi connectivity index (χ3v) is 5.66. The van der Waals surface area contributed by atoms with E-state index in [0.717, 1.165) is 38.1 Å². The van der Waals surface area contributed by atoms with Gasteiger partial charge in [-0.2, -0.15) is 0 Å². The highest BCUT2D eigenvalue weighted by atomic mass is 32.2. The Balaban J connectivity index is 1.83. The molecule has 0 aliphatic rings. The van der Waals surface area contributed by atoms with E-state index in [9.17, 15) is 0 Å². The van der Waals surface area contributed by atoms with Crippen molar-refractivity contribution in [3.05, 3.63) is 48.5 Å². The largest absolute Gasteiger partial charge is 0.334 e. The highest BCUT2D eigenvalue weighted by Gasteiger charge is 2.16. The molecule has 0 saturated heterocycles. The molecule has 0 bridgehead atoms. The molecule has 4 nitrogen and oxygen atoms in total. The van der Waals surface area contributed by atoms with E-state index in [0.29, 0.717) is 0 Å². The lowest BCUT2D eigenvalue weighted by atomic mass is 10.3. The van der Waals surface area contributed by atoms with Crippen molar-refractivity contribution in [2.75, 3.05) is 5.75 Å². The van der Waals surface area contributed by atoms with Gasteiger partial charge in [0.25, 0.3) is 0 Å². The van der Waals surface area contributed by atoms with Gasteiger partial charge in [0.15, 0.2) is 10.3 Å². The summed E-state index contributed by atoms with van der Waals surface area (Å²) >= 11 is 0. The number of nitrogens with zero attached hydrogens (tertiary/aromatic N) is 2. The van der Waals surface area contributed by atoms with Gasteiger partial charge in [-0.25, -0.2) is 9.97 Å². The average Bonchev–Trinajstić information content (AvgIpc) is 3.11. The van der Waals surface area contributed by atoms with Gasteiger partial charge < -0.3 is 9.97 Å². The average molecular weight is 296 g/mol. The van der Waals surface area contributed by atoms with Crippen molar-refractivity contribution in [2.24, 2.45) is 0 Å². The molecule has 0 aliphatic heterocycles. The van der Waals surface area contributed by atoms with Crippen molar-refractivity contribution < 1.29 is 0 Å². The van der Waals surface area contributed by atoms with Crippen LogP contribution < -0.4 is 0 Å². The molecule has 0 atom stereocenters. The number of hydrogen-bond donors (Lipinski definition) is 3. The van der Waals surface area contributed by atoms with Crippen LogP contribution in [0.2, 0.25) is 0 Å². The molecule has 0 spiro atoms. The fourth-order valence-corrected chi connectivity index (χ4v) is 4.30. The standard InChI is InChI=1S/C16H16N4S/c1-2-21(15-17-11-7-3-4-8-12(11)18-15)16-19-13-9-5-6-10-14(13)20-16/h3-10,21H,2H2,1H3,(H,17,18)(H,19,20). The summed E-state index contributed by atoms with van der Waals surface area (Å²) in [5.74, 6) is 1.01. The second kappa shape index (κ2) is 4.93. The van der Waals surface area contributed by atoms with Crippen LogP contribution in [-0.4, -0.2) is 25.7 Å². The lowest BCUT2D eigenvalue weighted by Gasteiger charge is -2.13. The van der Waals surface area contributed by atoms with E-state index in [1.54, 1.807) is 0 Å². The summed E-state index contributed by atoms with van der Waals surface area (Å²) < 4.78 is 0. The van der Waals surface area contributed by atoms with Gasteiger partial charge in [-0.05, 0) is 30.0 Å². The first-order valence-electron chi connectivity index (χ1n) is 7.02. The Morgan fingerprint density at radius 2 is 1.29 bits per heavy atom. The SMILES string of the molecule is CC[SH](c1nc2ccccc2[nH]1)c1nc2ccccc2[nH]1. The maximum absolute atomic E-state index is 4.74. The van der Waals surface area contributed by atoms with Gasteiger partial charge in [-0.3, -0.25) is 0 Å². The lowest BCUT2D eigenvalue weighted by Crippen LogP contribution is -1.93. The molecule has 2 aromatic heterocycles. The normalized spacial score (nSPS) is 12.1. The van der Waals surface area contributed by atoms with Crippen LogP contribution >= 0.6 is 10.9 Å². The maximum atomic E-state index is 4.74. The molecule has 5 heteroatoms. The molecule has 0 aliphatic carbocycles. The van der Waals surface area contributed by atoms with Gasteiger partial charge in [0, 0.05) is 0 Å². The molecular weight excluding hydrogens is 280 g/mol. The molecule has 2 aromatic carbocycles. The van der Waals surface area contributed by atoms with E-state index in [1.807, 2.05) is 36.4 Å². The van der Waals surface area contributed by atoms with Gasteiger partial charge in [0.2, 0.25) is 0 Å². The predicted molar refractivity (Wildman–Crippen MR) is 88.2 cm³/mol. The quantitative estimate of drug-likeness (QED) is 0.502. The van der Waals surface area contributed by atoms with Crippen LogP contribution in [0.3, 0.4) is 0 Å². The first kappa shape index (κ1) is 12.5. The Hall–Kier alpha value is -2.27. The van der Waals surface area contributed by atoms with Crippen LogP contribution in [0.25, 0.3) is 22.1 Å². The number of hydrogen-bond acceptors (Lipinski definition) is 2. The summed E-state index contributed by atoms with van der Waals surface area (Å²) in [5.41, 5.74) is 4.21. The number of aromatic nitrogens is 4. The van der Waals surface area contributed by atoms with Gasteiger partial charge in [0.05, 0.1) is 22.1 Å².